The number of nitrogens with zero attached hydrogens (tertiary/aromatic N) is 1. The summed E-state index contributed by atoms with van der Waals surface area (Å²) in [5, 5.41) is 10.9. The van der Waals surface area contributed by atoms with Gasteiger partial charge in [-0.1, -0.05) is 11.6 Å². The summed E-state index contributed by atoms with van der Waals surface area (Å²) >= 11 is 0. The molecular weight excluding hydrogens is 192 g/mol. The van der Waals surface area contributed by atoms with E-state index in [1.54, 1.807) is 12.1 Å². The third-order valence-electron chi connectivity index (χ3n) is 3.16. The molecule has 0 unspecified atom stereocenters. The Kier molecular flexibility index (Phi) is 2.23. The van der Waals surface area contributed by atoms with E-state index in [9.17, 15) is 10.1 Å². The van der Waals surface area contributed by atoms with Gasteiger partial charge in [-0.3, -0.25) is 10.1 Å². The average molecular weight is 206 g/mol. The molecule has 1 aromatic rings. The molecule has 1 fully saturated rings. The van der Waals surface area contributed by atoms with Crippen molar-refractivity contribution in [3.05, 3.63) is 39.4 Å². The first-order chi connectivity index (χ1) is 7.09. The molecule has 80 valence electrons. The first kappa shape index (κ1) is 10.1. The van der Waals surface area contributed by atoms with E-state index < -0.39 is 0 Å². The third-order valence-corrected chi connectivity index (χ3v) is 3.16. The summed E-state index contributed by atoms with van der Waals surface area (Å²) < 4.78 is 0. The number of nitrogens with two attached hydrogens (primary N) is 1. The molecule has 0 atom stereocenters. The van der Waals surface area contributed by atoms with E-state index in [0.717, 1.165) is 24.0 Å². The standard InChI is InChI=1S/C11H14N2O2/c1-8-2-3-10(13(14)15)9(6-8)11(7-12)4-5-11/h2-3,6H,4-5,7,12H2,1H3. The van der Waals surface area contributed by atoms with Gasteiger partial charge in [-0.2, -0.15) is 0 Å². The largest absolute Gasteiger partial charge is 0.330 e. The first-order valence-corrected chi connectivity index (χ1v) is 5.05. The molecule has 0 amide bonds. The molecule has 2 N–H and O–H groups in total. The van der Waals surface area contributed by atoms with Gasteiger partial charge in [0.15, 0.2) is 0 Å². The predicted octanol–water partition coefficient (Wildman–Crippen LogP) is 1.89. The molecule has 4 nitrogen and oxygen atoms in total. The topological polar surface area (TPSA) is 69.2 Å². The molecule has 0 saturated heterocycles. The Balaban J connectivity index is 2.53. The van der Waals surface area contributed by atoms with Gasteiger partial charge in [-0.05, 0) is 25.8 Å². The summed E-state index contributed by atoms with van der Waals surface area (Å²) in [7, 11) is 0. The smallest absolute Gasteiger partial charge is 0.273 e. The average Bonchev–Trinajstić information content (AvgIpc) is 2.97. The van der Waals surface area contributed by atoms with Crippen LogP contribution in [0.15, 0.2) is 18.2 Å². The molecule has 2 rings (SSSR count). The maximum atomic E-state index is 10.9. The van der Waals surface area contributed by atoms with Crippen LogP contribution in [0.5, 0.6) is 0 Å². The van der Waals surface area contributed by atoms with Gasteiger partial charge in [0.2, 0.25) is 0 Å². The quantitative estimate of drug-likeness (QED) is 0.606. The fourth-order valence-corrected chi connectivity index (χ4v) is 1.97. The number of nitro groups is 1. The predicted molar refractivity (Wildman–Crippen MR) is 57.8 cm³/mol. The van der Waals surface area contributed by atoms with Crippen molar-refractivity contribution in [2.75, 3.05) is 6.54 Å². The highest BCUT2D eigenvalue weighted by atomic mass is 16.6. The summed E-state index contributed by atoms with van der Waals surface area (Å²) in [6.45, 7) is 2.44. The Morgan fingerprint density at radius 2 is 2.20 bits per heavy atom. The van der Waals surface area contributed by atoms with Crippen LogP contribution in [0.1, 0.15) is 24.0 Å². The second kappa shape index (κ2) is 3.31. The van der Waals surface area contributed by atoms with Crippen molar-refractivity contribution < 1.29 is 4.92 Å². The monoisotopic (exact) mass is 206 g/mol. The molecule has 4 heteroatoms. The van der Waals surface area contributed by atoms with E-state index in [4.69, 9.17) is 5.73 Å². The van der Waals surface area contributed by atoms with Crippen LogP contribution in [0.2, 0.25) is 0 Å². The highest BCUT2D eigenvalue weighted by Gasteiger charge is 2.46. The van der Waals surface area contributed by atoms with Crippen LogP contribution in [0.3, 0.4) is 0 Å². The van der Waals surface area contributed by atoms with E-state index >= 15 is 0 Å². The summed E-state index contributed by atoms with van der Waals surface area (Å²) in [6.07, 6.45) is 1.93. The number of nitro benzene ring substituents is 1. The van der Waals surface area contributed by atoms with Crippen molar-refractivity contribution in [1.82, 2.24) is 0 Å². The minimum Gasteiger partial charge on any atom is -0.330 e. The Labute approximate surface area is 88.2 Å². The molecule has 15 heavy (non-hydrogen) atoms. The van der Waals surface area contributed by atoms with Crippen molar-refractivity contribution >= 4 is 5.69 Å². The maximum Gasteiger partial charge on any atom is 0.273 e. The SMILES string of the molecule is Cc1ccc([N+](=O)[O-])c(C2(CN)CC2)c1. The van der Waals surface area contributed by atoms with Crippen molar-refractivity contribution in [1.29, 1.82) is 0 Å². The number of hydrogen-bond donors (Lipinski definition) is 1. The van der Waals surface area contributed by atoms with Gasteiger partial charge in [0, 0.05) is 23.6 Å². The van der Waals surface area contributed by atoms with Gasteiger partial charge >= 0.3 is 0 Å². The minimum absolute atomic E-state index is 0.117. The zero-order valence-electron chi connectivity index (χ0n) is 8.69. The summed E-state index contributed by atoms with van der Waals surface area (Å²) in [6, 6.07) is 5.26. The fourth-order valence-electron chi connectivity index (χ4n) is 1.97. The van der Waals surface area contributed by atoms with Crippen molar-refractivity contribution in [2.45, 2.75) is 25.2 Å². The summed E-state index contributed by atoms with van der Waals surface area (Å²) in [5.41, 5.74) is 7.66. The van der Waals surface area contributed by atoms with E-state index in [1.165, 1.54) is 0 Å². The Hall–Kier alpha value is -1.42. The lowest BCUT2D eigenvalue weighted by Crippen LogP contribution is -2.21. The molecule has 1 aliphatic rings. The van der Waals surface area contributed by atoms with Gasteiger partial charge in [0.05, 0.1) is 4.92 Å². The molecule has 0 aromatic heterocycles. The van der Waals surface area contributed by atoms with Gasteiger partial charge in [-0.15, -0.1) is 0 Å². The minimum atomic E-state index is -0.315. The molecule has 1 aromatic carbocycles. The lowest BCUT2D eigenvalue weighted by molar-refractivity contribution is -0.385. The van der Waals surface area contributed by atoms with Crippen LogP contribution in [0.25, 0.3) is 0 Å². The van der Waals surface area contributed by atoms with Crippen LogP contribution in [0.4, 0.5) is 5.69 Å². The maximum absolute atomic E-state index is 10.9. The molecule has 1 saturated carbocycles. The molecule has 0 heterocycles. The summed E-state index contributed by atoms with van der Waals surface area (Å²) in [4.78, 5) is 10.6. The van der Waals surface area contributed by atoms with Crippen molar-refractivity contribution in [2.24, 2.45) is 5.73 Å². The fraction of sp³-hybridized carbons (Fsp3) is 0.455. The highest BCUT2D eigenvalue weighted by Crippen LogP contribution is 2.50. The number of benzene rings is 1. The third kappa shape index (κ3) is 1.61. The second-order valence-corrected chi connectivity index (χ2v) is 4.26. The number of rotatable bonds is 3. The molecule has 0 radical (unpaired) electrons. The zero-order valence-corrected chi connectivity index (χ0v) is 8.69. The molecule has 0 spiro atoms. The highest BCUT2D eigenvalue weighted by molar-refractivity contribution is 5.50. The van der Waals surface area contributed by atoms with Gasteiger partial charge in [-0.25, -0.2) is 0 Å². The van der Waals surface area contributed by atoms with Crippen LogP contribution < -0.4 is 5.73 Å². The first-order valence-electron chi connectivity index (χ1n) is 5.05. The van der Waals surface area contributed by atoms with E-state index in [0.29, 0.717) is 6.54 Å². The Morgan fingerprint density at radius 1 is 1.53 bits per heavy atom. The lowest BCUT2D eigenvalue weighted by atomic mass is 9.93. The number of aryl methyl sites for hydroxylation is 1. The van der Waals surface area contributed by atoms with Gasteiger partial charge in [0.1, 0.15) is 0 Å². The Bertz CT molecular complexity index is 411. The zero-order chi connectivity index (χ0) is 11.1. The molecule has 0 bridgehead atoms. The van der Waals surface area contributed by atoms with Crippen LogP contribution in [-0.4, -0.2) is 11.5 Å². The second-order valence-electron chi connectivity index (χ2n) is 4.26. The van der Waals surface area contributed by atoms with Crippen molar-refractivity contribution in [3.8, 4) is 0 Å². The van der Waals surface area contributed by atoms with E-state index in [-0.39, 0.29) is 16.0 Å². The van der Waals surface area contributed by atoms with Crippen LogP contribution >= 0.6 is 0 Å². The van der Waals surface area contributed by atoms with Gasteiger partial charge in [0.25, 0.3) is 5.69 Å². The van der Waals surface area contributed by atoms with Crippen LogP contribution in [-0.2, 0) is 5.41 Å². The molecular formula is C11H14N2O2. The Morgan fingerprint density at radius 3 is 2.67 bits per heavy atom. The van der Waals surface area contributed by atoms with Gasteiger partial charge < -0.3 is 5.73 Å². The van der Waals surface area contributed by atoms with Crippen molar-refractivity contribution in [3.63, 3.8) is 0 Å². The molecule has 0 aliphatic heterocycles. The van der Waals surface area contributed by atoms with Crippen LogP contribution in [0, 0.1) is 17.0 Å². The number of hydrogen-bond acceptors (Lipinski definition) is 3. The van der Waals surface area contributed by atoms with E-state index in [1.807, 2.05) is 13.0 Å². The van der Waals surface area contributed by atoms with E-state index in [2.05, 4.69) is 0 Å². The summed E-state index contributed by atoms with van der Waals surface area (Å²) in [5.74, 6) is 0. The lowest BCUT2D eigenvalue weighted by Gasteiger charge is -2.13. The normalized spacial score (nSPS) is 17.5. The molecule has 1 aliphatic carbocycles.